The number of hydrogen-bond acceptors (Lipinski definition) is 4. The van der Waals surface area contributed by atoms with Gasteiger partial charge in [0.25, 0.3) is 0 Å². The molecule has 0 saturated carbocycles. The van der Waals surface area contributed by atoms with E-state index in [9.17, 15) is 4.79 Å². The molecule has 0 unspecified atom stereocenters. The maximum absolute atomic E-state index is 10.5. The Morgan fingerprint density at radius 3 is 3.13 bits per heavy atom. The van der Waals surface area contributed by atoms with Gasteiger partial charge in [-0.2, -0.15) is 5.26 Å². The summed E-state index contributed by atoms with van der Waals surface area (Å²) in [5.41, 5.74) is 0.850. The number of carboxylic acid groups (broad SMARTS) is 1. The van der Waals surface area contributed by atoms with E-state index < -0.39 is 12.1 Å². The van der Waals surface area contributed by atoms with Crippen molar-refractivity contribution in [3.8, 4) is 6.07 Å². The maximum Gasteiger partial charge on any atom is 0.332 e. The Balaban J connectivity index is 2.66. The fourth-order valence-corrected chi connectivity index (χ4v) is 0.942. The summed E-state index contributed by atoms with van der Waals surface area (Å²) in [5.74, 6) is -1.03. The van der Waals surface area contributed by atoms with E-state index in [-0.39, 0.29) is 12.3 Å². The second-order valence-corrected chi connectivity index (χ2v) is 2.91. The first-order valence-corrected chi connectivity index (χ1v) is 4.33. The molecule has 78 valence electrons. The Morgan fingerprint density at radius 1 is 1.80 bits per heavy atom. The monoisotopic (exact) mass is 206 g/mol. The number of aromatic nitrogens is 1. The Morgan fingerprint density at radius 2 is 2.53 bits per heavy atom. The molecule has 0 aliphatic carbocycles. The van der Waals surface area contributed by atoms with Gasteiger partial charge in [0, 0.05) is 11.8 Å². The third-order valence-corrected chi connectivity index (χ3v) is 1.83. The predicted octanol–water partition coefficient (Wildman–Crippen LogP) is 0.943. The second-order valence-electron chi connectivity index (χ2n) is 2.91. The minimum atomic E-state index is -1.03. The van der Waals surface area contributed by atoms with Crippen molar-refractivity contribution in [2.24, 2.45) is 0 Å². The third kappa shape index (κ3) is 3.04. The molecule has 0 aromatic carbocycles. The average Bonchev–Trinajstić information content (AvgIpc) is 2.26. The van der Waals surface area contributed by atoms with E-state index in [4.69, 9.17) is 15.1 Å². The highest BCUT2D eigenvalue weighted by Gasteiger charge is 2.12. The smallest absolute Gasteiger partial charge is 0.332 e. The van der Waals surface area contributed by atoms with Crippen molar-refractivity contribution in [1.82, 2.24) is 4.98 Å². The van der Waals surface area contributed by atoms with Gasteiger partial charge in [0.15, 0.2) is 6.10 Å². The molecule has 1 aromatic heterocycles. The lowest BCUT2D eigenvalue weighted by Gasteiger charge is -2.08. The predicted molar refractivity (Wildman–Crippen MR) is 50.8 cm³/mol. The van der Waals surface area contributed by atoms with Crippen molar-refractivity contribution in [1.29, 1.82) is 5.26 Å². The molecular formula is C10H10N2O3. The molecule has 0 aliphatic rings. The summed E-state index contributed by atoms with van der Waals surface area (Å²) in [5, 5.41) is 17.3. The number of nitrogens with zero attached hydrogens (tertiary/aromatic N) is 2. The van der Waals surface area contributed by atoms with Gasteiger partial charge >= 0.3 is 5.97 Å². The fourth-order valence-electron chi connectivity index (χ4n) is 0.942. The van der Waals surface area contributed by atoms with Crippen LogP contribution in [-0.2, 0) is 16.1 Å². The van der Waals surface area contributed by atoms with E-state index in [0.29, 0.717) is 5.56 Å². The molecule has 15 heavy (non-hydrogen) atoms. The zero-order valence-corrected chi connectivity index (χ0v) is 8.17. The van der Waals surface area contributed by atoms with Crippen LogP contribution < -0.4 is 0 Å². The van der Waals surface area contributed by atoms with E-state index in [1.807, 2.05) is 6.07 Å². The molecule has 5 nitrogen and oxygen atoms in total. The molecule has 0 fully saturated rings. The Labute approximate surface area is 86.9 Å². The van der Waals surface area contributed by atoms with Crippen LogP contribution in [0.2, 0.25) is 0 Å². The van der Waals surface area contributed by atoms with Gasteiger partial charge in [0.2, 0.25) is 0 Å². The zero-order valence-electron chi connectivity index (χ0n) is 8.17. The number of carbonyl (C=O) groups is 1. The number of carboxylic acids is 1. The number of pyridine rings is 1. The molecule has 0 spiro atoms. The lowest BCUT2D eigenvalue weighted by atomic mass is 10.2. The first-order valence-electron chi connectivity index (χ1n) is 4.33. The largest absolute Gasteiger partial charge is 0.479 e. The quantitative estimate of drug-likeness (QED) is 0.792. The standard InChI is InChI=1S/C10H10N2O3/c1-7(10(13)14)15-6-8-3-2-4-12-9(8)5-11/h2-4,7H,6H2,1H3,(H,13,14)/t7-/m1/s1. The zero-order chi connectivity index (χ0) is 11.3. The summed E-state index contributed by atoms with van der Waals surface area (Å²) in [4.78, 5) is 14.3. The Bertz CT molecular complexity index is 398. The van der Waals surface area contributed by atoms with Gasteiger partial charge < -0.3 is 9.84 Å². The highest BCUT2D eigenvalue weighted by atomic mass is 16.5. The normalized spacial score (nSPS) is 11.7. The summed E-state index contributed by atoms with van der Waals surface area (Å²) in [6.07, 6.45) is 0.611. The van der Waals surface area contributed by atoms with E-state index in [2.05, 4.69) is 4.98 Å². The molecule has 0 saturated heterocycles. The van der Waals surface area contributed by atoms with Crippen molar-refractivity contribution in [2.45, 2.75) is 19.6 Å². The highest BCUT2D eigenvalue weighted by molar-refractivity contribution is 5.71. The van der Waals surface area contributed by atoms with Gasteiger partial charge in [0.05, 0.1) is 6.61 Å². The second kappa shape index (κ2) is 5.08. The first-order chi connectivity index (χ1) is 7.15. The van der Waals surface area contributed by atoms with E-state index in [1.54, 1.807) is 12.1 Å². The molecule has 5 heteroatoms. The van der Waals surface area contributed by atoms with Gasteiger partial charge in [0.1, 0.15) is 11.8 Å². The molecule has 0 aliphatic heterocycles. The van der Waals surface area contributed by atoms with Crippen LogP contribution in [-0.4, -0.2) is 22.2 Å². The third-order valence-electron chi connectivity index (χ3n) is 1.83. The molecule has 0 radical (unpaired) electrons. The Hall–Kier alpha value is -1.93. The van der Waals surface area contributed by atoms with Crippen LogP contribution in [0.25, 0.3) is 0 Å². The van der Waals surface area contributed by atoms with Crippen LogP contribution in [0.15, 0.2) is 18.3 Å². The summed E-state index contributed by atoms with van der Waals surface area (Å²) < 4.78 is 5.04. The van der Waals surface area contributed by atoms with Crippen LogP contribution in [0.1, 0.15) is 18.2 Å². The lowest BCUT2D eigenvalue weighted by Crippen LogP contribution is -2.19. The number of rotatable bonds is 4. The molecule has 1 heterocycles. The minimum Gasteiger partial charge on any atom is -0.479 e. The van der Waals surface area contributed by atoms with Gasteiger partial charge in [-0.3, -0.25) is 0 Å². The fraction of sp³-hybridized carbons (Fsp3) is 0.300. The van der Waals surface area contributed by atoms with Crippen molar-refractivity contribution in [3.05, 3.63) is 29.6 Å². The van der Waals surface area contributed by atoms with Crippen LogP contribution >= 0.6 is 0 Å². The van der Waals surface area contributed by atoms with Gasteiger partial charge in [-0.1, -0.05) is 6.07 Å². The molecule has 1 rings (SSSR count). The van der Waals surface area contributed by atoms with Gasteiger partial charge in [-0.25, -0.2) is 9.78 Å². The summed E-state index contributed by atoms with van der Waals surface area (Å²) >= 11 is 0. The SMILES string of the molecule is C[C@@H](OCc1cccnc1C#N)C(=O)O. The average molecular weight is 206 g/mol. The molecule has 1 atom stereocenters. The van der Waals surface area contributed by atoms with Crippen molar-refractivity contribution < 1.29 is 14.6 Å². The van der Waals surface area contributed by atoms with Gasteiger partial charge in [-0.15, -0.1) is 0 Å². The van der Waals surface area contributed by atoms with Crippen LogP contribution in [0.3, 0.4) is 0 Å². The van der Waals surface area contributed by atoms with Crippen LogP contribution in [0.4, 0.5) is 0 Å². The molecule has 0 bridgehead atoms. The number of aliphatic carboxylic acids is 1. The minimum absolute atomic E-state index is 0.0736. The number of hydrogen-bond donors (Lipinski definition) is 1. The molecule has 1 N–H and O–H groups in total. The summed E-state index contributed by atoms with van der Waals surface area (Å²) in [6, 6.07) is 5.26. The topological polar surface area (TPSA) is 83.2 Å². The maximum atomic E-state index is 10.5. The number of nitriles is 1. The van der Waals surface area contributed by atoms with Crippen LogP contribution in [0.5, 0.6) is 0 Å². The molecule has 0 amide bonds. The summed E-state index contributed by atoms with van der Waals surface area (Å²) in [6.45, 7) is 1.51. The van der Waals surface area contributed by atoms with E-state index in [0.717, 1.165) is 0 Å². The lowest BCUT2D eigenvalue weighted by molar-refractivity contribution is -0.149. The van der Waals surface area contributed by atoms with Crippen LogP contribution in [0, 0.1) is 11.3 Å². The highest BCUT2D eigenvalue weighted by Crippen LogP contribution is 2.07. The van der Waals surface area contributed by atoms with E-state index >= 15 is 0 Å². The van der Waals surface area contributed by atoms with Crippen molar-refractivity contribution >= 4 is 5.97 Å². The van der Waals surface area contributed by atoms with E-state index in [1.165, 1.54) is 13.1 Å². The summed E-state index contributed by atoms with van der Waals surface area (Å²) in [7, 11) is 0. The van der Waals surface area contributed by atoms with Gasteiger partial charge in [-0.05, 0) is 13.0 Å². The first kappa shape index (κ1) is 11.1. The Kier molecular flexibility index (Phi) is 3.77. The number of ether oxygens (including phenoxy) is 1. The van der Waals surface area contributed by atoms with Crippen molar-refractivity contribution in [2.75, 3.05) is 0 Å². The van der Waals surface area contributed by atoms with Crippen molar-refractivity contribution in [3.63, 3.8) is 0 Å². The molecular weight excluding hydrogens is 196 g/mol. The molecule has 1 aromatic rings.